The van der Waals surface area contributed by atoms with Gasteiger partial charge in [0.25, 0.3) is 0 Å². The maximum Gasteiger partial charge on any atom is 0.410 e. The Morgan fingerprint density at radius 1 is 1.12 bits per heavy atom. The van der Waals surface area contributed by atoms with E-state index in [-0.39, 0.29) is 11.9 Å². The third kappa shape index (κ3) is 3.83. The van der Waals surface area contributed by atoms with Crippen LogP contribution in [0.1, 0.15) is 26.5 Å². The van der Waals surface area contributed by atoms with Crippen LogP contribution in [-0.2, 0) is 4.74 Å². The fraction of sp³-hybridized carbons (Fsp3) is 0.474. The average Bonchev–Trinajstić information content (AvgIpc) is 2.53. The topological polar surface area (TPSA) is 45.7 Å². The van der Waals surface area contributed by atoms with E-state index in [1.54, 1.807) is 11.0 Å². The summed E-state index contributed by atoms with van der Waals surface area (Å²) in [6.45, 7) is 9.59. The maximum atomic E-state index is 14.5. The van der Waals surface area contributed by atoms with Crippen LogP contribution in [0.3, 0.4) is 0 Å². The molecule has 6 heteroatoms. The standard InChI is InChI=1S/C19H24FN3O2/c1-13-5-6-14-16(21-13)8-7-15(20)17(14)22-9-11-23(12-10-22)18(24)25-19(2,3)4/h5-8H,9-12H2,1-4H3. The molecule has 1 aliphatic rings. The number of hydrogen-bond donors (Lipinski definition) is 0. The third-order valence-corrected chi connectivity index (χ3v) is 4.18. The van der Waals surface area contributed by atoms with E-state index >= 15 is 0 Å². The van der Waals surface area contributed by atoms with Crippen LogP contribution in [0.2, 0.25) is 0 Å². The Labute approximate surface area is 147 Å². The second-order valence-corrected chi connectivity index (χ2v) is 7.37. The van der Waals surface area contributed by atoms with Gasteiger partial charge in [-0.1, -0.05) is 0 Å². The molecule has 0 N–H and O–H groups in total. The Hall–Kier alpha value is -2.37. The van der Waals surface area contributed by atoms with E-state index in [0.717, 1.165) is 16.6 Å². The van der Waals surface area contributed by atoms with Gasteiger partial charge in [-0.3, -0.25) is 4.98 Å². The minimum atomic E-state index is -0.514. The molecular formula is C19H24FN3O2. The summed E-state index contributed by atoms with van der Waals surface area (Å²) in [6.07, 6.45) is -0.317. The zero-order valence-electron chi connectivity index (χ0n) is 15.2. The molecule has 1 aromatic heterocycles. The number of nitrogens with zero attached hydrogens (tertiary/aromatic N) is 3. The van der Waals surface area contributed by atoms with Gasteiger partial charge in [0.1, 0.15) is 11.4 Å². The molecular weight excluding hydrogens is 321 g/mol. The Morgan fingerprint density at radius 3 is 2.44 bits per heavy atom. The van der Waals surface area contributed by atoms with Crippen molar-refractivity contribution < 1.29 is 13.9 Å². The molecule has 5 nitrogen and oxygen atoms in total. The maximum absolute atomic E-state index is 14.5. The molecule has 1 saturated heterocycles. The van der Waals surface area contributed by atoms with E-state index in [2.05, 4.69) is 4.98 Å². The first-order chi connectivity index (χ1) is 11.7. The first kappa shape index (κ1) is 17.5. The van der Waals surface area contributed by atoms with Crippen molar-refractivity contribution in [2.75, 3.05) is 31.1 Å². The van der Waals surface area contributed by atoms with Crippen LogP contribution in [0.25, 0.3) is 10.9 Å². The van der Waals surface area contributed by atoms with E-state index < -0.39 is 5.60 Å². The molecule has 25 heavy (non-hydrogen) atoms. The molecule has 0 bridgehead atoms. The zero-order valence-corrected chi connectivity index (χ0v) is 15.2. The van der Waals surface area contributed by atoms with Crippen molar-refractivity contribution in [2.24, 2.45) is 0 Å². The van der Waals surface area contributed by atoms with Gasteiger partial charge >= 0.3 is 6.09 Å². The number of carbonyl (C=O) groups excluding carboxylic acids is 1. The molecule has 134 valence electrons. The van der Waals surface area contributed by atoms with Crippen LogP contribution >= 0.6 is 0 Å². The summed E-state index contributed by atoms with van der Waals surface area (Å²) in [6, 6.07) is 6.97. The van der Waals surface area contributed by atoms with Gasteiger partial charge in [0.2, 0.25) is 0 Å². The number of pyridine rings is 1. The minimum absolute atomic E-state index is 0.260. The zero-order chi connectivity index (χ0) is 18.2. The number of piperazine rings is 1. The fourth-order valence-electron chi connectivity index (χ4n) is 3.02. The lowest BCUT2D eigenvalue weighted by Gasteiger charge is -2.37. The van der Waals surface area contributed by atoms with Gasteiger partial charge in [-0.15, -0.1) is 0 Å². The number of amides is 1. The highest BCUT2D eigenvalue weighted by molar-refractivity contribution is 5.92. The average molecular weight is 345 g/mol. The van der Waals surface area contributed by atoms with Crippen LogP contribution in [0.15, 0.2) is 24.3 Å². The smallest absolute Gasteiger partial charge is 0.410 e. The number of carbonyl (C=O) groups is 1. The predicted octanol–water partition coefficient (Wildman–Crippen LogP) is 3.74. The molecule has 0 saturated carbocycles. The molecule has 0 radical (unpaired) electrons. The number of aryl methyl sites for hydroxylation is 1. The summed E-state index contributed by atoms with van der Waals surface area (Å²) in [7, 11) is 0. The number of halogens is 1. The van der Waals surface area contributed by atoms with Crippen molar-refractivity contribution >= 4 is 22.7 Å². The van der Waals surface area contributed by atoms with Crippen molar-refractivity contribution in [3.63, 3.8) is 0 Å². The largest absolute Gasteiger partial charge is 0.444 e. The van der Waals surface area contributed by atoms with Crippen LogP contribution in [0, 0.1) is 12.7 Å². The predicted molar refractivity (Wildman–Crippen MR) is 96.5 cm³/mol. The number of benzene rings is 1. The molecule has 1 aromatic carbocycles. The quantitative estimate of drug-likeness (QED) is 0.790. The number of anilines is 1. The van der Waals surface area contributed by atoms with Crippen molar-refractivity contribution in [2.45, 2.75) is 33.3 Å². The van der Waals surface area contributed by atoms with E-state index in [4.69, 9.17) is 4.74 Å². The number of fused-ring (bicyclic) bond motifs is 1. The van der Waals surface area contributed by atoms with Crippen LogP contribution in [0.4, 0.5) is 14.9 Å². The second-order valence-electron chi connectivity index (χ2n) is 7.37. The lowest BCUT2D eigenvalue weighted by Crippen LogP contribution is -2.50. The highest BCUT2D eigenvalue weighted by atomic mass is 19.1. The van der Waals surface area contributed by atoms with E-state index in [1.165, 1.54) is 6.07 Å². The van der Waals surface area contributed by atoms with Gasteiger partial charge in [-0.2, -0.15) is 0 Å². The van der Waals surface area contributed by atoms with Gasteiger partial charge in [0.05, 0.1) is 11.2 Å². The van der Waals surface area contributed by atoms with Gasteiger partial charge in [-0.05, 0) is 52.0 Å². The highest BCUT2D eigenvalue weighted by Gasteiger charge is 2.27. The van der Waals surface area contributed by atoms with Crippen molar-refractivity contribution in [1.29, 1.82) is 0 Å². The summed E-state index contributed by atoms with van der Waals surface area (Å²) in [5.41, 5.74) is 1.74. The Balaban J connectivity index is 1.78. The molecule has 0 unspecified atom stereocenters. The molecule has 3 rings (SSSR count). The molecule has 0 aliphatic carbocycles. The monoisotopic (exact) mass is 345 g/mol. The van der Waals surface area contributed by atoms with E-state index in [9.17, 15) is 9.18 Å². The Bertz CT molecular complexity index is 793. The minimum Gasteiger partial charge on any atom is -0.444 e. The number of aromatic nitrogens is 1. The van der Waals surface area contributed by atoms with E-state index in [1.807, 2.05) is 44.7 Å². The van der Waals surface area contributed by atoms with Crippen LogP contribution in [0.5, 0.6) is 0 Å². The Morgan fingerprint density at radius 2 is 1.80 bits per heavy atom. The molecule has 0 atom stereocenters. The van der Waals surface area contributed by atoms with Gasteiger partial charge < -0.3 is 14.5 Å². The summed E-state index contributed by atoms with van der Waals surface area (Å²) in [4.78, 5) is 20.3. The summed E-state index contributed by atoms with van der Waals surface area (Å²) in [5.74, 6) is -0.260. The summed E-state index contributed by atoms with van der Waals surface area (Å²) >= 11 is 0. The third-order valence-electron chi connectivity index (χ3n) is 4.18. The highest BCUT2D eigenvalue weighted by Crippen LogP contribution is 2.30. The van der Waals surface area contributed by atoms with Gasteiger partial charge in [0, 0.05) is 37.3 Å². The molecule has 1 fully saturated rings. The van der Waals surface area contributed by atoms with Crippen molar-refractivity contribution in [3.05, 3.63) is 35.8 Å². The number of ether oxygens (including phenoxy) is 1. The van der Waals surface area contributed by atoms with Crippen LogP contribution in [-0.4, -0.2) is 47.8 Å². The van der Waals surface area contributed by atoms with E-state index in [0.29, 0.717) is 31.9 Å². The van der Waals surface area contributed by atoms with Crippen molar-refractivity contribution in [3.8, 4) is 0 Å². The lowest BCUT2D eigenvalue weighted by molar-refractivity contribution is 0.0240. The molecule has 2 heterocycles. The first-order valence-electron chi connectivity index (χ1n) is 8.53. The second kappa shape index (κ2) is 6.50. The van der Waals surface area contributed by atoms with Crippen molar-refractivity contribution in [1.82, 2.24) is 9.88 Å². The molecule has 2 aromatic rings. The normalized spacial score (nSPS) is 15.6. The number of hydrogen-bond acceptors (Lipinski definition) is 4. The van der Waals surface area contributed by atoms with Gasteiger partial charge in [0.15, 0.2) is 0 Å². The molecule has 1 aliphatic heterocycles. The molecule has 0 spiro atoms. The SMILES string of the molecule is Cc1ccc2c(N3CCN(C(=O)OC(C)(C)C)CC3)c(F)ccc2n1. The Kier molecular flexibility index (Phi) is 4.54. The van der Waals surface area contributed by atoms with Crippen LogP contribution < -0.4 is 4.90 Å². The lowest BCUT2D eigenvalue weighted by atomic mass is 10.1. The summed E-state index contributed by atoms with van der Waals surface area (Å²) in [5, 5.41) is 0.802. The first-order valence-corrected chi connectivity index (χ1v) is 8.53. The molecule has 1 amide bonds. The summed E-state index contributed by atoms with van der Waals surface area (Å²) < 4.78 is 19.9. The number of rotatable bonds is 1. The fourth-order valence-corrected chi connectivity index (χ4v) is 3.02. The van der Waals surface area contributed by atoms with Gasteiger partial charge in [-0.25, -0.2) is 9.18 Å².